The van der Waals surface area contributed by atoms with Gasteiger partial charge in [0.15, 0.2) is 10.8 Å². The van der Waals surface area contributed by atoms with E-state index in [0.29, 0.717) is 21.7 Å². The van der Waals surface area contributed by atoms with Gasteiger partial charge in [0.05, 0.1) is 31.0 Å². The number of anilines is 2. The summed E-state index contributed by atoms with van der Waals surface area (Å²) in [4.78, 5) is 22.7. The molecular formula is C24H24F3N5O5S2. The summed E-state index contributed by atoms with van der Waals surface area (Å²) in [5.41, 5.74) is -0.0586. The highest BCUT2D eigenvalue weighted by atomic mass is 32.2. The number of rotatable bonds is 11. The van der Waals surface area contributed by atoms with Crippen LogP contribution in [0.15, 0.2) is 36.5 Å². The fraction of sp³-hybridized carbons (Fsp3) is 0.333. The maximum absolute atomic E-state index is 13.3. The number of pyridine rings is 1. The number of carbonyl (C=O) groups is 1. The lowest BCUT2D eigenvalue weighted by Crippen LogP contribution is -2.33. The summed E-state index contributed by atoms with van der Waals surface area (Å²) in [5, 5.41) is 9.40. The van der Waals surface area contributed by atoms with E-state index in [-0.39, 0.29) is 36.2 Å². The predicted molar refractivity (Wildman–Crippen MR) is 137 cm³/mol. The Morgan fingerprint density at radius 2 is 1.92 bits per heavy atom. The number of alkyl halides is 3. The molecule has 0 aliphatic heterocycles. The topological polar surface area (TPSA) is 135 Å². The Bertz CT molecular complexity index is 1470. The monoisotopic (exact) mass is 583 g/mol. The van der Waals surface area contributed by atoms with E-state index in [1.165, 1.54) is 13.2 Å². The van der Waals surface area contributed by atoms with Crippen LogP contribution in [0.3, 0.4) is 0 Å². The van der Waals surface area contributed by atoms with Crippen LogP contribution in [-0.4, -0.2) is 50.9 Å². The molecule has 0 spiro atoms. The van der Waals surface area contributed by atoms with Gasteiger partial charge in [0.1, 0.15) is 11.4 Å². The SMILES string of the molecule is COCCCS(=O)(=O)NC(=O)c1nc(N(Cc2cnc(C(F)(F)F)c(OC)c2)c2ccc(C#N)cc2)sc1C. The summed E-state index contributed by atoms with van der Waals surface area (Å²) in [6.45, 7) is 1.77. The van der Waals surface area contributed by atoms with Crippen molar-refractivity contribution >= 4 is 38.1 Å². The maximum atomic E-state index is 13.3. The van der Waals surface area contributed by atoms with Crippen molar-refractivity contribution < 1.29 is 35.9 Å². The minimum atomic E-state index is -4.71. The maximum Gasteiger partial charge on any atom is 0.437 e. The lowest BCUT2D eigenvalue weighted by molar-refractivity contribution is -0.142. The van der Waals surface area contributed by atoms with Gasteiger partial charge in [-0.3, -0.25) is 4.79 Å². The fourth-order valence-corrected chi connectivity index (χ4v) is 5.36. The highest BCUT2D eigenvalue weighted by molar-refractivity contribution is 7.90. The summed E-state index contributed by atoms with van der Waals surface area (Å²) >= 11 is 1.08. The van der Waals surface area contributed by atoms with Crippen molar-refractivity contribution in [2.75, 3.05) is 31.5 Å². The van der Waals surface area contributed by atoms with E-state index in [1.807, 2.05) is 10.8 Å². The number of benzene rings is 1. The van der Waals surface area contributed by atoms with E-state index in [4.69, 9.17) is 14.7 Å². The Morgan fingerprint density at radius 1 is 1.23 bits per heavy atom. The zero-order valence-corrected chi connectivity index (χ0v) is 22.7. The molecule has 39 heavy (non-hydrogen) atoms. The van der Waals surface area contributed by atoms with Crippen molar-refractivity contribution in [1.29, 1.82) is 5.26 Å². The third-order valence-corrected chi connectivity index (χ3v) is 7.60. The van der Waals surface area contributed by atoms with E-state index in [2.05, 4.69) is 9.97 Å². The number of nitriles is 1. The average molecular weight is 584 g/mol. The standard InChI is InChI=1S/C24H24F3N5O5S2/c1-15-20(22(33)31-39(34,35)10-4-9-36-2)30-23(38-15)32(18-7-5-16(12-28)6-8-18)14-17-11-19(37-3)21(29-13-17)24(25,26)27/h5-8,11,13H,4,9-10,14H2,1-3H3,(H,31,33). The van der Waals surface area contributed by atoms with Crippen molar-refractivity contribution in [3.8, 4) is 11.8 Å². The number of nitrogens with zero attached hydrogens (tertiary/aromatic N) is 4. The molecule has 2 aromatic heterocycles. The van der Waals surface area contributed by atoms with Crippen LogP contribution in [0.2, 0.25) is 0 Å². The van der Waals surface area contributed by atoms with Crippen LogP contribution in [0.1, 0.15) is 38.6 Å². The summed E-state index contributed by atoms with van der Waals surface area (Å²) in [6.07, 6.45) is -3.46. The fourth-order valence-electron chi connectivity index (χ4n) is 3.45. The minimum absolute atomic E-state index is 0.0310. The number of amides is 1. The van der Waals surface area contributed by atoms with Gasteiger partial charge in [-0.25, -0.2) is 23.1 Å². The van der Waals surface area contributed by atoms with Gasteiger partial charge in [-0.05, 0) is 49.2 Å². The smallest absolute Gasteiger partial charge is 0.437 e. The molecule has 15 heteroatoms. The van der Waals surface area contributed by atoms with E-state index in [9.17, 15) is 26.4 Å². The van der Waals surface area contributed by atoms with Gasteiger partial charge >= 0.3 is 6.18 Å². The number of halogens is 3. The van der Waals surface area contributed by atoms with E-state index < -0.39 is 33.6 Å². The van der Waals surface area contributed by atoms with E-state index >= 15 is 0 Å². The lowest BCUT2D eigenvalue weighted by Gasteiger charge is -2.23. The van der Waals surface area contributed by atoms with E-state index in [1.54, 1.807) is 36.1 Å². The molecule has 1 N–H and O–H groups in total. The van der Waals surface area contributed by atoms with Crippen LogP contribution in [0.25, 0.3) is 0 Å². The molecule has 1 amide bonds. The third kappa shape index (κ3) is 7.65. The molecule has 0 bridgehead atoms. The van der Waals surface area contributed by atoms with Crippen molar-refractivity contribution in [2.45, 2.75) is 26.1 Å². The second kappa shape index (κ2) is 12.4. The molecule has 0 atom stereocenters. The molecule has 1 aromatic carbocycles. The van der Waals surface area contributed by atoms with Gasteiger partial charge in [0.25, 0.3) is 5.91 Å². The molecule has 0 fully saturated rings. The van der Waals surface area contributed by atoms with E-state index in [0.717, 1.165) is 24.6 Å². The first-order valence-corrected chi connectivity index (χ1v) is 13.7. The number of hydrogen-bond donors (Lipinski definition) is 1. The first-order valence-electron chi connectivity index (χ1n) is 11.3. The second-order valence-electron chi connectivity index (χ2n) is 8.13. The number of ether oxygens (including phenoxy) is 2. The second-order valence-corrected chi connectivity index (χ2v) is 11.2. The van der Waals surface area contributed by atoms with Gasteiger partial charge in [-0.2, -0.15) is 18.4 Å². The number of nitrogens with one attached hydrogen (secondary N) is 1. The molecule has 3 aromatic rings. The highest BCUT2D eigenvalue weighted by Gasteiger charge is 2.36. The zero-order valence-electron chi connectivity index (χ0n) is 21.1. The first-order chi connectivity index (χ1) is 18.4. The molecule has 3 rings (SSSR count). The van der Waals surface area contributed by atoms with Crippen molar-refractivity contribution in [3.63, 3.8) is 0 Å². The molecule has 0 saturated carbocycles. The average Bonchev–Trinajstić information content (AvgIpc) is 3.27. The van der Waals surface area contributed by atoms with Gasteiger partial charge in [-0.15, -0.1) is 11.3 Å². The Labute approximate surface area is 227 Å². The quantitative estimate of drug-likeness (QED) is 0.330. The van der Waals surface area contributed by atoms with Crippen LogP contribution in [0.5, 0.6) is 5.75 Å². The first kappa shape index (κ1) is 29.8. The van der Waals surface area contributed by atoms with Gasteiger partial charge in [0, 0.05) is 30.5 Å². The molecule has 208 valence electrons. The van der Waals surface area contributed by atoms with Crippen LogP contribution in [-0.2, 0) is 27.5 Å². The summed E-state index contributed by atoms with van der Waals surface area (Å²) in [5.74, 6) is -1.69. The zero-order chi connectivity index (χ0) is 28.8. The number of methoxy groups -OCH3 is 2. The minimum Gasteiger partial charge on any atom is -0.494 e. The largest absolute Gasteiger partial charge is 0.494 e. The van der Waals surface area contributed by atoms with Crippen LogP contribution in [0, 0.1) is 18.3 Å². The molecule has 0 unspecified atom stereocenters. The van der Waals surface area contributed by atoms with Crippen LogP contribution < -0.4 is 14.4 Å². The summed E-state index contributed by atoms with van der Waals surface area (Å²) in [6, 6.07) is 9.54. The molecule has 2 heterocycles. The normalized spacial score (nSPS) is 11.6. The van der Waals surface area contributed by atoms with Gasteiger partial charge in [0.2, 0.25) is 10.0 Å². The number of thiazole rings is 1. The predicted octanol–water partition coefficient (Wildman–Crippen LogP) is 4.18. The van der Waals surface area contributed by atoms with Gasteiger partial charge in [-0.1, -0.05) is 0 Å². The van der Waals surface area contributed by atoms with Crippen molar-refractivity contribution in [3.05, 3.63) is 63.9 Å². The number of hydrogen-bond acceptors (Lipinski definition) is 10. The number of aromatic nitrogens is 2. The van der Waals surface area contributed by atoms with Crippen LogP contribution >= 0.6 is 11.3 Å². The molecule has 0 saturated heterocycles. The highest BCUT2D eigenvalue weighted by Crippen LogP contribution is 2.37. The number of sulfonamides is 1. The number of aryl methyl sites for hydroxylation is 1. The summed E-state index contributed by atoms with van der Waals surface area (Å²) in [7, 11) is -1.40. The third-order valence-electron chi connectivity index (χ3n) is 5.29. The Hall–Kier alpha value is -3.74. The Balaban J connectivity index is 1.98. The van der Waals surface area contributed by atoms with Crippen LogP contribution in [0.4, 0.5) is 24.0 Å². The lowest BCUT2D eigenvalue weighted by atomic mass is 10.2. The van der Waals surface area contributed by atoms with Crippen molar-refractivity contribution in [2.24, 2.45) is 0 Å². The Kier molecular flexibility index (Phi) is 9.49. The molecule has 10 nitrogen and oxygen atoms in total. The molecule has 0 radical (unpaired) electrons. The molecule has 0 aliphatic rings. The molecular weight excluding hydrogens is 559 g/mol. The van der Waals surface area contributed by atoms with Gasteiger partial charge < -0.3 is 14.4 Å². The molecule has 0 aliphatic carbocycles. The number of carbonyl (C=O) groups excluding carboxylic acids is 1. The van der Waals surface area contributed by atoms with Crippen molar-refractivity contribution in [1.82, 2.24) is 14.7 Å². The summed E-state index contributed by atoms with van der Waals surface area (Å²) < 4.78 is 76.1. The Morgan fingerprint density at radius 3 is 2.51 bits per heavy atom.